The number of benzene rings is 1. The van der Waals surface area contributed by atoms with Crippen molar-refractivity contribution >= 4 is 28.9 Å². The second kappa shape index (κ2) is 7.01. The topological polar surface area (TPSA) is 45.2 Å². The van der Waals surface area contributed by atoms with E-state index in [1.54, 1.807) is 12.3 Å². The van der Waals surface area contributed by atoms with Crippen molar-refractivity contribution in [3.05, 3.63) is 53.3 Å². The highest BCUT2D eigenvalue weighted by Gasteiger charge is 2.22. The number of halogens is 1. The minimum absolute atomic E-state index is 0.0231. The summed E-state index contributed by atoms with van der Waals surface area (Å²) in [5.41, 5.74) is 2.28. The molecule has 3 rings (SSSR count). The lowest BCUT2D eigenvalue weighted by Gasteiger charge is -2.30. The molecule has 0 radical (unpaired) electrons. The van der Waals surface area contributed by atoms with Gasteiger partial charge < -0.3 is 10.2 Å². The van der Waals surface area contributed by atoms with Crippen LogP contribution in [0.25, 0.3) is 0 Å². The van der Waals surface area contributed by atoms with E-state index in [0.717, 1.165) is 37.3 Å². The van der Waals surface area contributed by atoms with Crippen LogP contribution in [0, 0.1) is 5.92 Å². The third-order valence-corrected chi connectivity index (χ3v) is 4.44. The maximum absolute atomic E-state index is 12.4. The van der Waals surface area contributed by atoms with Crippen LogP contribution >= 0.6 is 11.6 Å². The molecular weight excluding hydrogens is 310 g/mol. The van der Waals surface area contributed by atoms with Crippen molar-refractivity contribution in [1.82, 2.24) is 9.88 Å². The van der Waals surface area contributed by atoms with Crippen LogP contribution in [0.4, 0.5) is 11.4 Å². The maximum atomic E-state index is 12.4. The van der Waals surface area contributed by atoms with E-state index in [9.17, 15) is 4.79 Å². The summed E-state index contributed by atoms with van der Waals surface area (Å²) < 4.78 is 0. The molecule has 2 aromatic rings. The van der Waals surface area contributed by atoms with Gasteiger partial charge in [-0.15, -0.1) is 0 Å². The number of hydrogen-bond acceptors (Lipinski definition) is 3. The summed E-state index contributed by atoms with van der Waals surface area (Å²) in [5, 5.41) is 3.94. The van der Waals surface area contributed by atoms with Crippen LogP contribution in [0.1, 0.15) is 30.3 Å². The molecular formula is C18H20ClN3O. The molecule has 1 N–H and O–H groups in total. The van der Waals surface area contributed by atoms with Crippen molar-refractivity contribution in [2.75, 3.05) is 18.4 Å². The Balaban J connectivity index is 1.64. The first-order valence-electron chi connectivity index (χ1n) is 7.90. The third-order valence-electron chi connectivity index (χ3n) is 4.19. The van der Waals surface area contributed by atoms with Gasteiger partial charge in [-0.2, -0.15) is 0 Å². The lowest BCUT2D eigenvalue weighted by Crippen LogP contribution is -2.38. The number of anilines is 2. The predicted octanol–water partition coefficient (Wildman–Crippen LogP) is 4.35. The van der Waals surface area contributed by atoms with Gasteiger partial charge in [-0.05, 0) is 55.2 Å². The van der Waals surface area contributed by atoms with Gasteiger partial charge in [0.2, 0.25) is 0 Å². The molecule has 0 spiro atoms. The zero-order chi connectivity index (χ0) is 16.2. The van der Waals surface area contributed by atoms with E-state index in [2.05, 4.69) is 17.2 Å². The summed E-state index contributed by atoms with van der Waals surface area (Å²) in [5.74, 6) is 0.730. The average molecular weight is 330 g/mol. The number of carbonyl (C=O) groups excluding carboxylic acids is 1. The highest BCUT2D eigenvalue weighted by molar-refractivity contribution is 6.30. The van der Waals surface area contributed by atoms with E-state index >= 15 is 0 Å². The van der Waals surface area contributed by atoms with Gasteiger partial charge in [-0.3, -0.25) is 4.79 Å². The molecule has 1 aromatic heterocycles. The number of amides is 1. The second-order valence-corrected chi connectivity index (χ2v) is 6.48. The van der Waals surface area contributed by atoms with E-state index in [1.165, 1.54) is 0 Å². The average Bonchev–Trinajstić information content (AvgIpc) is 2.58. The van der Waals surface area contributed by atoms with Gasteiger partial charge in [0, 0.05) is 23.8 Å². The monoisotopic (exact) mass is 329 g/mol. The fraction of sp³-hybridized carbons (Fsp3) is 0.333. The van der Waals surface area contributed by atoms with Crippen LogP contribution < -0.4 is 5.32 Å². The maximum Gasteiger partial charge on any atom is 0.272 e. The third kappa shape index (κ3) is 4.02. The predicted molar refractivity (Wildman–Crippen MR) is 93.3 cm³/mol. The molecule has 4 nitrogen and oxygen atoms in total. The van der Waals surface area contributed by atoms with E-state index in [1.807, 2.05) is 35.2 Å². The molecule has 1 fully saturated rings. The molecule has 0 saturated carbocycles. The summed E-state index contributed by atoms with van der Waals surface area (Å²) in [6, 6.07) is 11.1. The number of aromatic nitrogens is 1. The summed E-state index contributed by atoms with van der Waals surface area (Å²) >= 11 is 5.87. The van der Waals surface area contributed by atoms with E-state index in [-0.39, 0.29) is 5.91 Å². The fourth-order valence-corrected chi connectivity index (χ4v) is 2.79. The van der Waals surface area contributed by atoms with Crippen molar-refractivity contribution in [1.29, 1.82) is 0 Å². The molecule has 0 atom stereocenters. The van der Waals surface area contributed by atoms with E-state index in [0.29, 0.717) is 16.6 Å². The molecule has 1 amide bonds. The summed E-state index contributed by atoms with van der Waals surface area (Å²) in [6.07, 6.45) is 3.83. The minimum atomic E-state index is 0.0231. The summed E-state index contributed by atoms with van der Waals surface area (Å²) in [7, 11) is 0. The number of nitrogens with zero attached hydrogens (tertiary/aromatic N) is 2. The van der Waals surface area contributed by atoms with Gasteiger partial charge >= 0.3 is 0 Å². The van der Waals surface area contributed by atoms with Crippen LogP contribution in [-0.2, 0) is 0 Å². The van der Waals surface area contributed by atoms with Crippen molar-refractivity contribution in [3.63, 3.8) is 0 Å². The normalized spacial score (nSPS) is 15.5. The zero-order valence-corrected chi connectivity index (χ0v) is 13.9. The van der Waals surface area contributed by atoms with Crippen molar-refractivity contribution < 1.29 is 4.79 Å². The Kier molecular flexibility index (Phi) is 4.82. The van der Waals surface area contributed by atoms with Gasteiger partial charge in [0.1, 0.15) is 5.69 Å². The van der Waals surface area contributed by atoms with Crippen LogP contribution in [0.5, 0.6) is 0 Å². The number of rotatable bonds is 3. The van der Waals surface area contributed by atoms with E-state index < -0.39 is 0 Å². The van der Waals surface area contributed by atoms with Gasteiger partial charge in [0.15, 0.2) is 0 Å². The molecule has 23 heavy (non-hydrogen) atoms. The molecule has 120 valence electrons. The number of carbonyl (C=O) groups is 1. The molecule has 1 aliphatic heterocycles. The summed E-state index contributed by atoms with van der Waals surface area (Å²) in [6.45, 7) is 3.89. The highest BCUT2D eigenvalue weighted by Crippen LogP contribution is 2.20. The number of nitrogens with one attached hydrogen (secondary N) is 1. The lowest BCUT2D eigenvalue weighted by molar-refractivity contribution is 0.0691. The number of hydrogen-bond donors (Lipinski definition) is 1. The Morgan fingerprint density at radius 2 is 1.78 bits per heavy atom. The van der Waals surface area contributed by atoms with Gasteiger partial charge in [0.25, 0.3) is 5.91 Å². The molecule has 0 unspecified atom stereocenters. The molecule has 1 aliphatic rings. The minimum Gasteiger partial charge on any atom is -0.354 e. The zero-order valence-electron chi connectivity index (χ0n) is 13.1. The smallest absolute Gasteiger partial charge is 0.272 e. The van der Waals surface area contributed by atoms with Crippen LogP contribution in [0.15, 0.2) is 42.6 Å². The molecule has 0 bridgehead atoms. The number of likely N-dealkylation sites (tertiary alicyclic amines) is 1. The first-order valence-corrected chi connectivity index (χ1v) is 8.27. The Bertz CT molecular complexity index is 662. The van der Waals surface area contributed by atoms with Crippen LogP contribution in [0.3, 0.4) is 0 Å². The first kappa shape index (κ1) is 15.8. The largest absolute Gasteiger partial charge is 0.354 e. The highest BCUT2D eigenvalue weighted by atomic mass is 35.5. The number of piperidine rings is 1. The molecule has 1 aromatic carbocycles. The summed E-state index contributed by atoms with van der Waals surface area (Å²) in [4.78, 5) is 18.6. The Hall–Kier alpha value is -2.07. The Morgan fingerprint density at radius 3 is 2.39 bits per heavy atom. The van der Waals surface area contributed by atoms with Crippen molar-refractivity contribution in [2.45, 2.75) is 19.8 Å². The molecule has 5 heteroatoms. The SMILES string of the molecule is CC1CCN(C(=O)c2ccc(Nc3ccc(Cl)cc3)cn2)CC1. The Labute approximate surface area is 141 Å². The molecule has 1 saturated heterocycles. The second-order valence-electron chi connectivity index (χ2n) is 6.04. The molecule has 2 heterocycles. The van der Waals surface area contributed by atoms with Gasteiger partial charge in [-0.25, -0.2) is 4.98 Å². The standard InChI is InChI=1S/C18H20ClN3O/c1-13-8-10-22(11-9-13)18(23)17-7-6-16(12-20-17)21-15-4-2-14(19)3-5-15/h2-7,12-13,21H,8-11H2,1H3. The molecule has 0 aliphatic carbocycles. The van der Waals surface area contributed by atoms with E-state index in [4.69, 9.17) is 11.6 Å². The van der Waals surface area contributed by atoms with Crippen LogP contribution in [-0.4, -0.2) is 28.9 Å². The Morgan fingerprint density at radius 1 is 1.13 bits per heavy atom. The van der Waals surface area contributed by atoms with Gasteiger partial charge in [0.05, 0.1) is 11.9 Å². The van der Waals surface area contributed by atoms with Crippen molar-refractivity contribution in [3.8, 4) is 0 Å². The van der Waals surface area contributed by atoms with Gasteiger partial charge in [-0.1, -0.05) is 18.5 Å². The number of pyridine rings is 1. The quantitative estimate of drug-likeness (QED) is 0.910. The fourth-order valence-electron chi connectivity index (χ4n) is 2.67. The lowest BCUT2D eigenvalue weighted by atomic mass is 9.99. The van der Waals surface area contributed by atoms with Crippen molar-refractivity contribution in [2.24, 2.45) is 5.92 Å². The first-order chi connectivity index (χ1) is 11.1. The van der Waals surface area contributed by atoms with Crippen LogP contribution in [0.2, 0.25) is 5.02 Å².